The van der Waals surface area contributed by atoms with E-state index in [9.17, 15) is 4.39 Å². The van der Waals surface area contributed by atoms with E-state index >= 15 is 0 Å². The van der Waals surface area contributed by atoms with Crippen LogP contribution in [0.1, 0.15) is 18.5 Å². The van der Waals surface area contributed by atoms with Gasteiger partial charge in [-0.05, 0) is 36.6 Å². The van der Waals surface area contributed by atoms with Crippen LogP contribution in [0.5, 0.6) is 0 Å². The first-order valence-electron chi connectivity index (χ1n) is 8.59. The zero-order chi connectivity index (χ0) is 16.1. The van der Waals surface area contributed by atoms with Crippen LogP contribution in [0.3, 0.4) is 0 Å². The molecule has 0 bridgehead atoms. The summed E-state index contributed by atoms with van der Waals surface area (Å²) < 4.78 is 15.9. The molecule has 4 nitrogen and oxygen atoms in total. The van der Waals surface area contributed by atoms with E-state index in [0.29, 0.717) is 17.3 Å². The van der Waals surface area contributed by atoms with Gasteiger partial charge in [-0.15, -0.1) is 0 Å². The van der Waals surface area contributed by atoms with Gasteiger partial charge in [-0.2, -0.15) is 5.10 Å². The summed E-state index contributed by atoms with van der Waals surface area (Å²) in [5.74, 6) is 0.359. The van der Waals surface area contributed by atoms with Gasteiger partial charge in [0.25, 0.3) is 0 Å². The van der Waals surface area contributed by atoms with Gasteiger partial charge in [0, 0.05) is 31.7 Å². The lowest BCUT2D eigenvalue weighted by atomic mass is 10.1. The number of rotatable bonds is 3. The summed E-state index contributed by atoms with van der Waals surface area (Å²) in [7, 11) is 0. The van der Waals surface area contributed by atoms with Gasteiger partial charge in [-0.1, -0.05) is 17.7 Å². The van der Waals surface area contributed by atoms with Gasteiger partial charge in [0.1, 0.15) is 11.4 Å². The Morgan fingerprint density at radius 3 is 3.08 bits per heavy atom. The number of halogens is 1. The smallest absolute Gasteiger partial charge is 0.151 e. The molecule has 122 valence electrons. The highest BCUT2D eigenvalue weighted by Gasteiger charge is 2.37. The van der Waals surface area contributed by atoms with E-state index in [2.05, 4.69) is 27.1 Å². The second-order valence-corrected chi connectivity index (χ2v) is 6.79. The van der Waals surface area contributed by atoms with Crippen LogP contribution in [0.2, 0.25) is 0 Å². The van der Waals surface area contributed by atoms with Gasteiger partial charge in [-0.3, -0.25) is 14.6 Å². The topological polar surface area (TPSA) is 34.0 Å². The number of nitrogens with zero attached hydrogens (tertiary/aromatic N) is 4. The Hall–Kier alpha value is -2.27. The zero-order valence-electron chi connectivity index (χ0n) is 13.5. The van der Waals surface area contributed by atoms with E-state index in [4.69, 9.17) is 0 Å². The van der Waals surface area contributed by atoms with Crippen molar-refractivity contribution in [3.63, 3.8) is 0 Å². The predicted molar refractivity (Wildman–Crippen MR) is 89.6 cm³/mol. The minimum atomic E-state index is -0.313. The van der Waals surface area contributed by atoms with E-state index in [1.54, 1.807) is 23.4 Å². The van der Waals surface area contributed by atoms with E-state index in [-0.39, 0.29) is 5.82 Å². The van der Waals surface area contributed by atoms with Crippen molar-refractivity contribution in [1.29, 1.82) is 0 Å². The van der Waals surface area contributed by atoms with Gasteiger partial charge >= 0.3 is 0 Å². The quantitative estimate of drug-likeness (QED) is 0.870. The summed E-state index contributed by atoms with van der Waals surface area (Å²) in [5.41, 5.74) is 5.35. The van der Waals surface area contributed by atoms with Crippen LogP contribution < -0.4 is 0 Å². The van der Waals surface area contributed by atoms with Crippen molar-refractivity contribution >= 4 is 0 Å². The first kappa shape index (κ1) is 14.1. The molecule has 5 rings (SSSR count). The number of allylic oxidation sites excluding steroid dienone is 2. The van der Waals surface area contributed by atoms with Crippen molar-refractivity contribution < 1.29 is 4.39 Å². The van der Waals surface area contributed by atoms with Crippen LogP contribution >= 0.6 is 0 Å². The summed E-state index contributed by atoms with van der Waals surface area (Å²) in [4.78, 5) is 6.63. The fourth-order valence-electron chi connectivity index (χ4n) is 3.97. The highest BCUT2D eigenvalue weighted by atomic mass is 19.1. The number of hydrogen-bond donors (Lipinski definition) is 0. The number of pyridine rings is 1. The summed E-state index contributed by atoms with van der Waals surface area (Å²) in [6, 6.07) is 5.02. The van der Waals surface area contributed by atoms with Gasteiger partial charge < -0.3 is 0 Å². The molecule has 5 heteroatoms. The number of aromatic nitrogens is 3. The molecule has 1 aliphatic heterocycles. The van der Waals surface area contributed by atoms with Gasteiger partial charge in [0.2, 0.25) is 0 Å². The minimum absolute atomic E-state index is 0.313. The molecule has 3 heterocycles. The lowest BCUT2D eigenvalue weighted by Gasteiger charge is -2.27. The van der Waals surface area contributed by atoms with Crippen LogP contribution in [-0.4, -0.2) is 32.8 Å². The van der Waals surface area contributed by atoms with Gasteiger partial charge in [0.05, 0.1) is 12.2 Å². The molecule has 3 aliphatic rings. The van der Waals surface area contributed by atoms with Gasteiger partial charge in [-0.25, -0.2) is 4.39 Å². The maximum Gasteiger partial charge on any atom is 0.151 e. The minimum Gasteiger partial charge on any atom is -0.295 e. The molecule has 0 saturated heterocycles. The molecule has 0 fully saturated rings. The van der Waals surface area contributed by atoms with Crippen molar-refractivity contribution in [3.8, 4) is 11.4 Å². The lowest BCUT2D eigenvalue weighted by molar-refractivity contribution is 0.207. The Kier molecular flexibility index (Phi) is 3.16. The Balaban J connectivity index is 1.32. The van der Waals surface area contributed by atoms with Crippen molar-refractivity contribution in [2.45, 2.75) is 25.9 Å². The summed E-state index contributed by atoms with van der Waals surface area (Å²) in [6.45, 7) is 3.84. The summed E-state index contributed by atoms with van der Waals surface area (Å²) in [6.07, 6.45) is 8.64. The largest absolute Gasteiger partial charge is 0.295 e. The SMILES string of the molecule is Fc1cccnc1-c1cc2n(n1)CCN(C[C@H]1C3=C1CCC=C3)C2. The van der Waals surface area contributed by atoms with Crippen LogP contribution in [0, 0.1) is 11.7 Å². The molecule has 0 aromatic carbocycles. The first-order valence-corrected chi connectivity index (χ1v) is 8.59. The second-order valence-electron chi connectivity index (χ2n) is 6.79. The lowest BCUT2D eigenvalue weighted by Crippen LogP contribution is -2.35. The Bertz CT molecular complexity index is 864. The summed E-state index contributed by atoms with van der Waals surface area (Å²) in [5, 5.41) is 4.55. The third kappa shape index (κ3) is 2.31. The summed E-state index contributed by atoms with van der Waals surface area (Å²) >= 11 is 0. The van der Waals surface area contributed by atoms with E-state index in [1.165, 1.54) is 18.9 Å². The molecular formula is C19H19FN4. The Morgan fingerprint density at radius 1 is 1.29 bits per heavy atom. The van der Waals surface area contributed by atoms with Gasteiger partial charge in [0.15, 0.2) is 5.82 Å². The molecule has 0 amide bonds. The Labute approximate surface area is 140 Å². The predicted octanol–water partition coefficient (Wildman–Crippen LogP) is 3.18. The Morgan fingerprint density at radius 2 is 2.25 bits per heavy atom. The zero-order valence-corrected chi connectivity index (χ0v) is 13.5. The fourth-order valence-corrected chi connectivity index (χ4v) is 3.97. The normalized spacial score (nSPS) is 22.5. The molecule has 0 saturated carbocycles. The monoisotopic (exact) mass is 322 g/mol. The maximum atomic E-state index is 13.9. The fraction of sp³-hybridized carbons (Fsp3) is 0.368. The molecule has 2 aromatic rings. The molecule has 2 aliphatic carbocycles. The molecule has 0 radical (unpaired) electrons. The molecular weight excluding hydrogens is 303 g/mol. The molecule has 0 spiro atoms. The second kappa shape index (κ2) is 5.38. The third-order valence-electron chi connectivity index (χ3n) is 5.28. The number of fused-ring (bicyclic) bond motifs is 1. The maximum absolute atomic E-state index is 13.9. The van der Waals surface area contributed by atoms with E-state index < -0.39 is 0 Å². The van der Waals surface area contributed by atoms with E-state index in [0.717, 1.165) is 31.9 Å². The molecule has 0 N–H and O–H groups in total. The van der Waals surface area contributed by atoms with E-state index in [1.807, 2.05) is 10.7 Å². The van der Waals surface area contributed by atoms with Crippen molar-refractivity contribution in [1.82, 2.24) is 19.7 Å². The van der Waals surface area contributed by atoms with Crippen molar-refractivity contribution in [2.24, 2.45) is 5.92 Å². The third-order valence-corrected chi connectivity index (χ3v) is 5.28. The number of hydrogen-bond acceptors (Lipinski definition) is 3. The molecule has 2 aromatic heterocycles. The average molecular weight is 322 g/mol. The van der Waals surface area contributed by atoms with Crippen LogP contribution in [0.15, 0.2) is 47.7 Å². The standard InChI is InChI=1S/C19H19FN4/c20-17-6-3-7-21-19(17)18-10-13-11-23(8-9-24(13)22-18)12-16-14-4-1-2-5-15(14)16/h1,3-4,6-7,10,16H,2,5,8-9,11-12H2/t16-/m0/s1. The molecule has 1 atom stereocenters. The molecule has 0 unspecified atom stereocenters. The first-order chi connectivity index (χ1) is 11.8. The van der Waals surface area contributed by atoms with Crippen molar-refractivity contribution in [3.05, 3.63) is 59.2 Å². The average Bonchev–Trinajstić information content (AvgIpc) is 3.12. The van der Waals surface area contributed by atoms with Crippen LogP contribution in [0.25, 0.3) is 11.4 Å². The van der Waals surface area contributed by atoms with Crippen LogP contribution in [-0.2, 0) is 13.1 Å². The molecule has 24 heavy (non-hydrogen) atoms. The highest BCUT2D eigenvalue weighted by molar-refractivity contribution is 5.55. The van der Waals surface area contributed by atoms with Crippen LogP contribution in [0.4, 0.5) is 4.39 Å². The highest BCUT2D eigenvalue weighted by Crippen LogP contribution is 2.46. The van der Waals surface area contributed by atoms with Crippen molar-refractivity contribution in [2.75, 3.05) is 13.1 Å².